The molecule has 1 aromatic heterocycles. The van der Waals surface area contributed by atoms with E-state index >= 15 is 0 Å². The van der Waals surface area contributed by atoms with E-state index in [-0.39, 0.29) is 11.8 Å². The summed E-state index contributed by atoms with van der Waals surface area (Å²) >= 11 is 0. The molecule has 186 valence electrons. The Morgan fingerprint density at radius 3 is 2.70 bits per heavy atom. The van der Waals surface area contributed by atoms with E-state index in [2.05, 4.69) is 75.8 Å². The van der Waals surface area contributed by atoms with E-state index in [0.29, 0.717) is 0 Å². The molecule has 3 heterocycles. The lowest BCUT2D eigenvalue weighted by Crippen LogP contribution is -2.35. The van der Waals surface area contributed by atoms with Crippen LogP contribution in [0.25, 0.3) is 23.1 Å². The summed E-state index contributed by atoms with van der Waals surface area (Å²) in [4.78, 5) is 17.5. The first kappa shape index (κ1) is 22.5. The monoisotopic (exact) mass is 490 g/mol. The fourth-order valence-electron chi connectivity index (χ4n) is 6.20. The maximum absolute atomic E-state index is 13.2. The van der Waals surface area contributed by atoms with Gasteiger partial charge in [-0.05, 0) is 46.9 Å². The van der Waals surface area contributed by atoms with Gasteiger partial charge in [-0.3, -0.25) is 14.8 Å². The smallest absolute Gasteiger partial charge is 0.238 e. The third-order valence-electron chi connectivity index (χ3n) is 8.34. The van der Waals surface area contributed by atoms with E-state index < -0.39 is 5.41 Å². The zero-order valence-electron chi connectivity index (χ0n) is 21.0. The van der Waals surface area contributed by atoms with Crippen LogP contribution in [0.4, 0.5) is 5.69 Å². The highest BCUT2D eigenvalue weighted by Gasteiger charge is 2.66. The first-order valence-electron chi connectivity index (χ1n) is 13.1. The summed E-state index contributed by atoms with van der Waals surface area (Å²) in [5.41, 5.74) is 7.40. The fourth-order valence-corrected chi connectivity index (χ4v) is 6.20. The fraction of sp³-hybridized carbons (Fsp3) is 0.290. The van der Waals surface area contributed by atoms with Gasteiger partial charge in [0.1, 0.15) is 0 Å². The number of ether oxygens (including phenoxy) is 1. The average Bonchev–Trinajstić information content (AvgIpc) is 3.52. The summed E-state index contributed by atoms with van der Waals surface area (Å²) in [5.74, 6) is 0.414. The van der Waals surface area contributed by atoms with E-state index in [9.17, 15) is 4.79 Å². The van der Waals surface area contributed by atoms with E-state index in [4.69, 9.17) is 4.74 Å². The number of hydrogen-bond donors (Lipinski definition) is 1. The SMILES string of the molecule is CN1C(=O)[C@@]2(C[C@H]2c2ccc3c(C=Cc4ccc(CN5CCOCC5)cc4)n[nH]c3c2)c2ccccc21. The summed E-state index contributed by atoms with van der Waals surface area (Å²) in [5, 5.41) is 8.87. The predicted molar refractivity (Wildman–Crippen MR) is 146 cm³/mol. The zero-order chi connectivity index (χ0) is 25.0. The van der Waals surface area contributed by atoms with Crippen LogP contribution in [0.15, 0.2) is 66.7 Å². The maximum Gasteiger partial charge on any atom is 0.238 e. The Morgan fingerprint density at radius 2 is 1.86 bits per heavy atom. The van der Waals surface area contributed by atoms with Gasteiger partial charge < -0.3 is 9.64 Å². The van der Waals surface area contributed by atoms with Crippen molar-refractivity contribution in [1.82, 2.24) is 15.1 Å². The van der Waals surface area contributed by atoms with Crippen LogP contribution in [0.2, 0.25) is 0 Å². The molecule has 1 amide bonds. The number of likely N-dealkylation sites (N-methyl/N-ethyl adjacent to an activating group) is 1. The molecule has 3 aliphatic rings. The van der Waals surface area contributed by atoms with E-state index in [1.807, 2.05) is 30.1 Å². The largest absolute Gasteiger partial charge is 0.379 e. The number of rotatable bonds is 5. The third kappa shape index (κ3) is 3.71. The average molecular weight is 491 g/mol. The van der Waals surface area contributed by atoms with Crippen LogP contribution in [0.5, 0.6) is 0 Å². The molecule has 1 spiro atoms. The number of fused-ring (bicyclic) bond motifs is 3. The van der Waals surface area contributed by atoms with E-state index in [0.717, 1.165) is 72.7 Å². The Labute approximate surface area is 216 Å². The van der Waals surface area contributed by atoms with Crippen LogP contribution in [-0.2, 0) is 21.5 Å². The molecule has 1 aliphatic carbocycles. The van der Waals surface area contributed by atoms with Crippen molar-refractivity contribution in [1.29, 1.82) is 0 Å². The number of aromatic nitrogens is 2. The van der Waals surface area contributed by atoms with Crippen molar-refractivity contribution in [2.24, 2.45) is 0 Å². The van der Waals surface area contributed by atoms with Gasteiger partial charge in [0.25, 0.3) is 0 Å². The Bertz CT molecular complexity index is 1520. The number of benzene rings is 3. The van der Waals surface area contributed by atoms with Crippen molar-refractivity contribution in [3.63, 3.8) is 0 Å². The Balaban J connectivity index is 1.08. The molecule has 3 aromatic carbocycles. The number of amides is 1. The quantitative estimate of drug-likeness (QED) is 0.429. The molecule has 2 aliphatic heterocycles. The van der Waals surface area contributed by atoms with Crippen molar-refractivity contribution >= 4 is 34.6 Å². The number of nitrogens with one attached hydrogen (secondary N) is 1. The van der Waals surface area contributed by atoms with Gasteiger partial charge in [-0.15, -0.1) is 0 Å². The number of hydrogen-bond acceptors (Lipinski definition) is 4. The van der Waals surface area contributed by atoms with Gasteiger partial charge in [0.15, 0.2) is 0 Å². The second kappa shape index (κ2) is 8.68. The van der Waals surface area contributed by atoms with E-state index in [1.165, 1.54) is 11.1 Å². The Kier molecular flexibility index (Phi) is 5.27. The van der Waals surface area contributed by atoms with Gasteiger partial charge in [-0.2, -0.15) is 5.10 Å². The van der Waals surface area contributed by atoms with Crippen LogP contribution in [0.1, 0.15) is 40.3 Å². The van der Waals surface area contributed by atoms with Crippen LogP contribution in [0.3, 0.4) is 0 Å². The molecule has 1 N–H and O–H groups in total. The maximum atomic E-state index is 13.2. The van der Waals surface area contributed by atoms with Crippen LogP contribution >= 0.6 is 0 Å². The molecule has 2 fully saturated rings. The van der Waals surface area contributed by atoms with E-state index in [1.54, 1.807) is 0 Å². The van der Waals surface area contributed by atoms with Gasteiger partial charge in [0, 0.05) is 43.7 Å². The summed E-state index contributed by atoms with van der Waals surface area (Å²) in [6, 6.07) is 23.4. The molecule has 0 bridgehead atoms. The van der Waals surface area contributed by atoms with Crippen LogP contribution in [0, 0.1) is 0 Å². The van der Waals surface area contributed by atoms with Crippen LogP contribution in [-0.4, -0.2) is 54.4 Å². The number of anilines is 1. The highest BCUT2D eigenvalue weighted by molar-refractivity contribution is 6.11. The molecule has 4 aromatic rings. The topological polar surface area (TPSA) is 61.5 Å². The first-order chi connectivity index (χ1) is 18.1. The molecular formula is C31H30N4O2. The Hall–Kier alpha value is -3.74. The molecule has 6 nitrogen and oxygen atoms in total. The number of nitrogens with zero attached hydrogens (tertiary/aromatic N) is 3. The predicted octanol–water partition coefficient (Wildman–Crippen LogP) is 4.97. The lowest BCUT2D eigenvalue weighted by atomic mass is 9.92. The minimum atomic E-state index is -0.407. The van der Waals surface area contributed by atoms with Gasteiger partial charge in [0.2, 0.25) is 5.91 Å². The van der Waals surface area contributed by atoms with Crippen LogP contribution < -0.4 is 4.90 Å². The molecule has 0 radical (unpaired) electrons. The molecular weight excluding hydrogens is 460 g/mol. The van der Waals surface area contributed by atoms with Gasteiger partial charge in [-0.25, -0.2) is 0 Å². The second-order valence-corrected chi connectivity index (χ2v) is 10.5. The molecule has 1 saturated carbocycles. The van der Waals surface area contributed by atoms with Crippen molar-refractivity contribution in [3.05, 3.63) is 94.7 Å². The number of para-hydroxylation sites is 1. The van der Waals surface area contributed by atoms with Gasteiger partial charge in [-0.1, -0.05) is 60.7 Å². The first-order valence-corrected chi connectivity index (χ1v) is 13.1. The normalized spacial score (nSPS) is 23.4. The zero-order valence-corrected chi connectivity index (χ0v) is 21.0. The van der Waals surface area contributed by atoms with Gasteiger partial charge in [0.05, 0.1) is 29.8 Å². The lowest BCUT2D eigenvalue weighted by Gasteiger charge is -2.26. The lowest BCUT2D eigenvalue weighted by molar-refractivity contribution is -0.120. The number of H-pyrrole nitrogens is 1. The molecule has 6 heteroatoms. The number of carbonyl (C=O) groups is 1. The molecule has 2 atom stereocenters. The minimum absolute atomic E-state index is 0.203. The van der Waals surface area contributed by atoms with Gasteiger partial charge >= 0.3 is 0 Å². The highest BCUT2D eigenvalue weighted by atomic mass is 16.5. The van der Waals surface area contributed by atoms with Crippen molar-refractivity contribution in [3.8, 4) is 0 Å². The highest BCUT2D eigenvalue weighted by Crippen LogP contribution is 2.66. The number of carbonyl (C=O) groups excluding carboxylic acids is 1. The van der Waals surface area contributed by atoms with Crippen molar-refractivity contribution in [2.75, 3.05) is 38.3 Å². The van der Waals surface area contributed by atoms with Crippen molar-refractivity contribution < 1.29 is 9.53 Å². The minimum Gasteiger partial charge on any atom is -0.379 e. The summed E-state index contributed by atoms with van der Waals surface area (Å²) in [7, 11) is 1.89. The summed E-state index contributed by atoms with van der Waals surface area (Å²) in [6.45, 7) is 4.61. The third-order valence-corrected chi connectivity index (χ3v) is 8.34. The molecule has 0 unspecified atom stereocenters. The number of morpholine rings is 1. The molecule has 37 heavy (non-hydrogen) atoms. The second-order valence-electron chi connectivity index (χ2n) is 10.5. The summed E-state index contributed by atoms with van der Waals surface area (Å²) < 4.78 is 5.44. The number of aromatic amines is 1. The Morgan fingerprint density at radius 1 is 1.05 bits per heavy atom. The summed E-state index contributed by atoms with van der Waals surface area (Å²) in [6.07, 6.45) is 5.04. The molecule has 1 saturated heterocycles. The van der Waals surface area contributed by atoms with Crippen molar-refractivity contribution in [2.45, 2.75) is 24.3 Å². The molecule has 7 rings (SSSR count). The standard InChI is InChI=1S/C31H30N4O2/c1-34-29-5-3-2-4-25(29)31(30(34)36)19-26(31)23-11-12-24-27(32-33-28(24)18-23)13-10-21-6-8-22(9-7-21)20-35-14-16-37-17-15-35/h2-13,18,26H,14-17,19-20H2,1H3,(H,32,33)/t26-,31-/m0/s1.